The molecule has 1 fully saturated rings. The van der Waals surface area contributed by atoms with Gasteiger partial charge in [0.15, 0.2) is 0 Å². The number of Topliss-reactive ketones (excluding diaryl/α,β-unsaturated/α-hetero) is 1. The van der Waals surface area contributed by atoms with E-state index in [2.05, 4.69) is 0 Å². The van der Waals surface area contributed by atoms with E-state index in [1.165, 1.54) is 11.8 Å². The summed E-state index contributed by atoms with van der Waals surface area (Å²) < 4.78 is 0. The fraction of sp³-hybridized carbons (Fsp3) is 0.692. The lowest BCUT2D eigenvalue weighted by Gasteiger charge is -2.43. The monoisotopic (exact) mass is 285 g/mol. The van der Waals surface area contributed by atoms with Crippen molar-refractivity contribution in [3.8, 4) is 0 Å². The van der Waals surface area contributed by atoms with Crippen molar-refractivity contribution in [2.75, 3.05) is 12.3 Å². The van der Waals surface area contributed by atoms with Gasteiger partial charge in [-0.15, -0.1) is 11.8 Å². The molecule has 0 bridgehead atoms. The molecule has 106 valence electrons. The minimum atomic E-state index is -1.02. The van der Waals surface area contributed by atoms with E-state index in [1.54, 1.807) is 6.92 Å². The van der Waals surface area contributed by atoms with Gasteiger partial charge in [0.05, 0.1) is 17.6 Å². The molecule has 0 saturated heterocycles. The number of hydrogen-bond donors (Lipinski definition) is 3. The first-order valence-electron chi connectivity index (χ1n) is 6.43. The molecule has 2 rings (SSSR count). The Morgan fingerprint density at radius 1 is 1.53 bits per heavy atom. The van der Waals surface area contributed by atoms with Crippen LogP contribution in [0.2, 0.25) is 0 Å². The number of rotatable bonds is 5. The van der Waals surface area contributed by atoms with Gasteiger partial charge < -0.3 is 15.9 Å². The lowest BCUT2D eigenvalue weighted by atomic mass is 9.59. The van der Waals surface area contributed by atoms with E-state index in [9.17, 15) is 19.8 Å². The number of nitrogens with two attached hydrogens (primary N) is 1. The van der Waals surface area contributed by atoms with Crippen molar-refractivity contribution in [1.29, 1.82) is 0 Å². The van der Waals surface area contributed by atoms with Crippen molar-refractivity contribution >= 4 is 23.5 Å². The summed E-state index contributed by atoms with van der Waals surface area (Å²) in [6.45, 7) is 4.00. The van der Waals surface area contributed by atoms with Crippen molar-refractivity contribution < 1.29 is 19.8 Å². The van der Waals surface area contributed by atoms with E-state index in [4.69, 9.17) is 5.73 Å². The number of aliphatic carboxylic acids is 1. The molecule has 5 atom stereocenters. The second-order valence-electron chi connectivity index (χ2n) is 5.23. The number of carbonyl (C=O) groups excluding carboxylic acids is 1. The van der Waals surface area contributed by atoms with Crippen molar-refractivity contribution in [3.05, 3.63) is 10.5 Å². The highest BCUT2D eigenvalue weighted by atomic mass is 32.2. The molecule has 2 aliphatic rings. The number of hydrogen-bond acceptors (Lipinski definition) is 5. The molecular formula is C13H19NO4S. The maximum Gasteiger partial charge on any atom is 0.333 e. The summed E-state index contributed by atoms with van der Waals surface area (Å²) in [4.78, 5) is 24.3. The number of carboxylic acids is 1. The highest BCUT2D eigenvalue weighted by molar-refractivity contribution is 8.03. The number of carboxylic acid groups (broad SMARTS) is 1. The van der Waals surface area contributed by atoms with Crippen LogP contribution in [0.4, 0.5) is 0 Å². The van der Waals surface area contributed by atoms with E-state index < -0.39 is 23.9 Å². The number of ketones is 1. The van der Waals surface area contributed by atoms with Crippen LogP contribution in [0.15, 0.2) is 10.5 Å². The number of fused-ring (bicyclic) bond motifs is 1. The fourth-order valence-electron chi connectivity index (χ4n) is 3.36. The van der Waals surface area contributed by atoms with E-state index in [1.807, 2.05) is 6.92 Å². The molecule has 6 heteroatoms. The van der Waals surface area contributed by atoms with Crippen LogP contribution in [0.25, 0.3) is 0 Å². The van der Waals surface area contributed by atoms with Crippen molar-refractivity contribution in [2.24, 2.45) is 29.4 Å². The third-order valence-corrected chi connectivity index (χ3v) is 5.47. The first-order valence-corrected chi connectivity index (χ1v) is 7.42. The van der Waals surface area contributed by atoms with Gasteiger partial charge in [-0.1, -0.05) is 6.92 Å². The zero-order valence-corrected chi connectivity index (χ0v) is 11.8. The Kier molecular flexibility index (Phi) is 4.03. The normalized spacial score (nSPS) is 35.1. The summed E-state index contributed by atoms with van der Waals surface area (Å²) in [6.07, 6.45) is -0.717. The molecule has 0 radical (unpaired) electrons. The van der Waals surface area contributed by atoms with Crippen molar-refractivity contribution in [2.45, 2.75) is 20.0 Å². The minimum Gasteiger partial charge on any atom is -0.478 e. The Hall–Kier alpha value is -0.850. The fourth-order valence-corrected chi connectivity index (χ4v) is 4.49. The molecule has 5 nitrogen and oxygen atoms in total. The Morgan fingerprint density at radius 3 is 2.63 bits per heavy atom. The van der Waals surface area contributed by atoms with Gasteiger partial charge in [0.25, 0.3) is 0 Å². The van der Waals surface area contributed by atoms with Crippen molar-refractivity contribution in [3.63, 3.8) is 0 Å². The van der Waals surface area contributed by atoms with Crippen LogP contribution < -0.4 is 5.73 Å². The van der Waals surface area contributed by atoms with Gasteiger partial charge >= 0.3 is 5.97 Å². The van der Waals surface area contributed by atoms with Crippen molar-refractivity contribution in [1.82, 2.24) is 0 Å². The summed E-state index contributed by atoms with van der Waals surface area (Å²) in [5, 5.41) is 19.0. The molecule has 0 aromatic rings. The van der Waals surface area contributed by atoms with E-state index in [0.717, 1.165) is 4.91 Å². The Morgan fingerprint density at radius 2 is 2.16 bits per heavy atom. The molecule has 1 saturated carbocycles. The predicted octanol–water partition coefficient (Wildman–Crippen LogP) is 0.479. The SMILES string of the molecule is C[C@@H](O)[C@H]1C(=O)C2C(C(=O)O)=C(SCCN)[C@H](C)[C@@H]21. The van der Waals surface area contributed by atoms with Crippen LogP contribution in [-0.2, 0) is 9.59 Å². The number of allylic oxidation sites excluding steroid dienone is 1. The zero-order valence-electron chi connectivity index (χ0n) is 11.0. The average Bonchev–Trinajstić information content (AvgIpc) is 2.56. The van der Waals surface area contributed by atoms with E-state index >= 15 is 0 Å². The Bertz CT molecular complexity index is 446. The average molecular weight is 285 g/mol. The topological polar surface area (TPSA) is 101 Å². The molecule has 0 aromatic carbocycles. The summed E-state index contributed by atoms with van der Waals surface area (Å²) in [5.41, 5.74) is 5.70. The largest absolute Gasteiger partial charge is 0.478 e. The third kappa shape index (κ3) is 2.11. The summed E-state index contributed by atoms with van der Waals surface area (Å²) in [5.74, 6) is -1.53. The zero-order chi connectivity index (χ0) is 14.3. The van der Waals surface area contributed by atoms with Gasteiger partial charge in [-0.25, -0.2) is 4.79 Å². The molecule has 0 heterocycles. The maximum atomic E-state index is 12.1. The number of thioether (sulfide) groups is 1. The molecule has 0 aromatic heterocycles. The Balaban J connectivity index is 2.32. The lowest BCUT2D eigenvalue weighted by molar-refractivity contribution is -0.151. The molecule has 1 unspecified atom stereocenters. The molecule has 0 spiro atoms. The Labute approximate surface area is 116 Å². The smallest absolute Gasteiger partial charge is 0.333 e. The standard InChI is InChI=1S/C13H19NO4S/c1-5-7-8(6(2)15)11(16)9(7)10(13(17)18)12(5)19-4-3-14/h5-9,15H,3-4,14H2,1-2H3,(H,17,18)/t5-,6-,7-,8-,9?/m1/s1. The van der Waals surface area contributed by atoms with Gasteiger partial charge in [-0.2, -0.15) is 0 Å². The molecule has 0 aliphatic heterocycles. The second kappa shape index (κ2) is 5.26. The number of aliphatic hydroxyl groups excluding tert-OH is 1. The maximum absolute atomic E-state index is 12.1. The molecule has 0 amide bonds. The van der Waals surface area contributed by atoms with Gasteiger partial charge in [-0.3, -0.25) is 4.79 Å². The van der Waals surface area contributed by atoms with Gasteiger partial charge in [0.1, 0.15) is 5.78 Å². The summed E-state index contributed by atoms with van der Waals surface area (Å²) >= 11 is 1.43. The van der Waals surface area contributed by atoms with Crippen LogP contribution in [0.1, 0.15) is 13.8 Å². The second-order valence-corrected chi connectivity index (χ2v) is 6.37. The number of aliphatic hydroxyl groups is 1. The number of carbonyl (C=O) groups is 2. The van der Waals surface area contributed by atoms with Gasteiger partial charge in [-0.05, 0) is 23.7 Å². The highest BCUT2D eigenvalue weighted by Crippen LogP contribution is 2.57. The van der Waals surface area contributed by atoms with E-state index in [-0.39, 0.29) is 23.2 Å². The summed E-state index contributed by atoms with van der Waals surface area (Å²) in [6, 6.07) is 0. The van der Waals surface area contributed by atoms with Crippen LogP contribution in [0.3, 0.4) is 0 Å². The van der Waals surface area contributed by atoms with Gasteiger partial charge in [0.2, 0.25) is 0 Å². The van der Waals surface area contributed by atoms with E-state index in [0.29, 0.717) is 12.3 Å². The van der Waals surface area contributed by atoms with Crippen LogP contribution in [-0.4, -0.2) is 40.4 Å². The first kappa shape index (κ1) is 14.6. The highest BCUT2D eigenvalue weighted by Gasteiger charge is 2.61. The third-order valence-electron chi connectivity index (χ3n) is 4.13. The lowest BCUT2D eigenvalue weighted by Crippen LogP contribution is -2.53. The predicted molar refractivity (Wildman–Crippen MR) is 72.5 cm³/mol. The molecule has 19 heavy (non-hydrogen) atoms. The summed E-state index contributed by atoms with van der Waals surface area (Å²) in [7, 11) is 0. The molecule has 2 aliphatic carbocycles. The van der Waals surface area contributed by atoms with Crippen LogP contribution in [0, 0.1) is 23.7 Å². The molecule has 4 N–H and O–H groups in total. The van der Waals surface area contributed by atoms with Crippen LogP contribution in [0.5, 0.6) is 0 Å². The first-order chi connectivity index (χ1) is 8.91. The van der Waals surface area contributed by atoms with Gasteiger partial charge in [0, 0.05) is 18.2 Å². The molecular weight excluding hydrogens is 266 g/mol. The minimum absolute atomic E-state index is 0.00458. The quantitative estimate of drug-likeness (QED) is 0.679. The van der Waals surface area contributed by atoms with Crippen LogP contribution >= 0.6 is 11.8 Å².